The fourth-order valence-electron chi connectivity index (χ4n) is 1.82. The number of rotatable bonds is 6. The fraction of sp³-hybridized carbons (Fsp3) is 0.176. The Morgan fingerprint density at radius 3 is 2.42 bits per heavy atom. The van der Waals surface area contributed by atoms with E-state index in [0.29, 0.717) is 11.3 Å². The molecule has 0 aliphatic heterocycles. The molecule has 0 aliphatic rings. The Morgan fingerprint density at radius 1 is 1.04 bits per heavy atom. The molecule has 0 atom stereocenters. The summed E-state index contributed by atoms with van der Waals surface area (Å²) >= 11 is 0. The first kappa shape index (κ1) is 17.3. The van der Waals surface area contributed by atoms with E-state index in [-0.39, 0.29) is 18.8 Å². The molecule has 0 spiro atoms. The summed E-state index contributed by atoms with van der Waals surface area (Å²) in [5.74, 6) is -0.701. The summed E-state index contributed by atoms with van der Waals surface area (Å²) in [6.45, 7) is -0.00876. The largest absolute Gasteiger partial charge is 0.497 e. The fourth-order valence-corrected chi connectivity index (χ4v) is 1.82. The van der Waals surface area contributed by atoms with Gasteiger partial charge in [-0.2, -0.15) is 0 Å². The second-order valence-electron chi connectivity index (χ2n) is 4.76. The van der Waals surface area contributed by atoms with Gasteiger partial charge in [-0.1, -0.05) is 12.1 Å². The van der Waals surface area contributed by atoms with E-state index in [2.05, 4.69) is 10.9 Å². The Hall–Kier alpha value is -3.09. The van der Waals surface area contributed by atoms with Gasteiger partial charge in [0.05, 0.1) is 20.1 Å². The van der Waals surface area contributed by atoms with Crippen LogP contribution in [0.5, 0.6) is 11.5 Å². The van der Waals surface area contributed by atoms with Crippen LogP contribution in [0, 0.1) is 5.82 Å². The predicted molar refractivity (Wildman–Crippen MR) is 85.1 cm³/mol. The number of ether oxygens (including phenoxy) is 2. The maximum absolute atomic E-state index is 13.3. The smallest absolute Gasteiger partial charge is 0.269 e. The van der Waals surface area contributed by atoms with Crippen LogP contribution in [-0.4, -0.2) is 25.5 Å². The number of hydrazine groups is 1. The third-order valence-electron chi connectivity index (χ3n) is 3.09. The van der Waals surface area contributed by atoms with Crippen LogP contribution in [-0.2, 0) is 4.79 Å². The monoisotopic (exact) mass is 332 g/mol. The van der Waals surface area contributed by atoms with Crippen molar-refractivity contribution in [3.8, 4) is 11.5 Å². The minimum absolute atomic E-state index is 0.00876. The van der Waals surface area contributed by atoms with Crippen LogP contribution < -0.4 is 20.3 Å². The molecule has 2 N–H and O–H groups in total. The average Bonchev–Trinajstić information content (AvgIpc) is 2.61. The molecule has 0 unspecified atom stereocenters. The average molecular weight is 332 g/mol. The summed E-state index contributed by atoms with van der Waals surface area (Å²) in [4.78, 5) is 23.5. The van der Waals surface area contributed by atoms with Crippen molar-refractivity contribution in [2.75, 3.05) is 13.7 Å². The summed E-state index contributed by atoms with van der Waals surface area (Å²) in [5.41, 5.74) is 4.93. The van der Waals surface area contributed by atoms with Crippen molar-refractivity contribution < 1.29 is 23.5 Å². The zero-order valence-electron chi connectivity index (χ0n) is 13.0. The molecule has 0 saturated heterocycles. The van der Waals surface area contributed by atoms with Crippen LogP contribution >= 0.6 is 0 Å². The molecule has 0 fully saturated rings. The topological polar surface area (TPSA) is 76.7 Å². The number of halogens is 1. The lowest BCUT2D eigenvalue weighted by molar-refractivity contribution is -0.122. The lowest BCUT2D eigenvalue weighted by Gasteiger charge is -2.09. The Bertz CT molecular complexity index is 704. The summed E-state index contributed by atoms with van der Waals surface area (Å²) in [6, 6.07) is 12.3. The first-order valence-electron chi connectivity index (χ1n) is 7.20. The summed E-state index contributed by atoms with van der Waals surface area (Å²) in [7, 11) is 1.53. The van der Waals surface area contributed by atoms with Crippen molar-refractivity contribution >= 4 is 11.8 Å². The van der Waals surface area contributed by atoms with Gasteiger partial charge < -0.3 is 9.47 Å². The number of carbonyl (C=O) groups is 2. The number of benzene rings is 2. The molecule has 2 aromatic rings. The van der Waals surface area contributed by atoms with Gasteiger partial charge in [-0.15, -0.1) is 0 Å². The van der Waals surface area contributed by atoms with Crippen LogP contribution in [0.25, 0.3) is 0 Å². The van der Waals surface area contributed by atoms with E-state index < -0.39 is 17.6 Å². The van der Waals surface area contributed by atoms with Gasteiger partial charge in [-0.3, -0.25) is 20.4 Å². The zero-order chi connectivity index (χ0) is 17.4. The molecular formula is C17H17FN2O4. The van der Waals surface area contributed by atoms with Crippen LogP contribution in [0.3, 0.4) is 0 Å². The molecule has 0 radical (unpaired) electrons. The highest BCUT2D eigenvalue weighted by atomic mass is 19.1. The van der Waals surface area contributed by atoms with E-state index >= 15 is 0 Å². The third kappa shape index (κ3) is 4.98. The van der Waals surface area contributed by atoms with Crippen molar-refractivity contribution in [3.05, 3.63) is 59.9 Å². The Kier molecular flexibility index (Phi) is 6.13. The second-order valence-corrected chi connectivity index (χ2v) is 4.76. The molecule has 2 rings (SSSR count). The lowest BCUT2D eigenvalue weighted by atomic mass is 10.2. The van der Waals surface area contributed by atoms with Crippen LogP contribution in [0.2, 0.25) is 0 Å². The van der Waals surface area contributed by atoms with Crippen LogP contribution in [0.15, 0.2) is 48.5 Å². The number of para-hydroxylation sites is 1. The molecule has 0 saturated carbocycles. The molecular weight excluding hydrogens is 315 g/mol. The minimum atomic E-state index is -0.495. The van der Waals surface area contributed by atoms with Gasteiger partial charge in [0.2, 0.25) is 5.91 Å². The van der Waals surface area contributed by atoms with E-state index in [1.54, 1.807) is 36.4 Å². The minimum Gasteiger partial charge on any atom is -0.497 e. The van der Waals surface area contributed by atoms with Gasteiger partial charge >= 0.3 is 0 Å². The van der Waals surface area contributed by atoms with E-state index in [1.165, 1.54) is 19.2 Å². The second kappa shape index (κ2) is 8.52. The highest BCUT2D eigenvalue weighted by molar-refractivity contribution is 5.95. The predicted octanol–water partition coefficient (Wildman–Crippen LogP) is 2.06. The first-order valence-corrected chi connectivity index (χ1v) is 7.20. The molecule has 0 aromatic heterocycles. The third-order valence-corrected chi connectivity index (χ3v) is 3.09. The van der Waals surface area contributed by atoms with Crippen molar-refractivity contribution in [2.24, 2.45) is 0 Å². The van der Waals surface area contributed by atoms with Crippen LogP contribution in [0.4, 0.5) is 4.39 Å². The van der Waals surface area contributed by atoms with E-state index in [0.717, 1.165) is 0 Å². The Morgan fingerprint density at radius 2 is 1.75 bits per heavy atom. The molecule has 0 bridgehead atoms. The van der Waals surface area contributed by atoms with Crippen molar-refractivity contribution in [1.29, 1.82) is 0 Å². The number of carbonyl (C=O) groups excluding carboxylic acids is 2. The van der Waals surface area contributed by atoms with Gasteiger partial charge in [0, 0.05) is 5.56 Å². The normalized spacial score (nSPS) is 9.92. The van der Waals surface area contributed by atoms with Gasteiger partial charge in [-0.25, -0.2) is 4.39 Å². The molecule has 0 heterocycles. The van der Waals surface area contributed by atoms with E-state index in [1.807, 2.05) is 0 Å². The van der Waals surface area contributed by atoms with Crippen molar-refractivity contribution in [1.82, 2.24) is 10.9 Å². The summed E-state index contributed by atoms with van der Waals surface area (Å²) < 4.78 is 23.5. The number of methoxy groups -OCH3 is 1. The summed E-state index contributed by atoms with van der Waals surface area (Å²) in [6.07, 6.45) is -0.0305. The maximum Gasteiger partial charge on any atom is 0.269 e. The van der Waals surface area contributed by atoms with Gasteiger partial charge in [-0.05, 0) is 36.4 Å². The highest BCUT2D eigenvalue weighted by Gasteiger charge is 2.08. The number of hydrogen-bond donors (Lipinski definition) is 2. The van der Waals surface area contributed by atoms with E-state index in [4.69, 9.17) is 9.47 Å². The molecule has 2 aromatic carbocycles. The molecule has 126 valence electrons. The molecule has 2 amide bonds. The SMILES string of the molecule is COc1ccc(C(=O)NNC(=O)CCOc2ccccc2F)cc1. The summed E-state index contributed by atoms with van der Waals surface area (Å²) in [5, 5.41) is 0. The Balaban J connectivity index is 1.72. The van der Waals surface area contributed by atoms with Gasteiger partial charge in [0.25, 0.3) is 5.91 Å². The number of hydrogen-bond acceptors (Lipinski definition) is 4. The quantitative estimate of drug-likeness (QED) is 0.794. The van der Waals surface area contributed by atoms with E-state index in [9.17, 15) is 14.0 Å². The number of nitrogens with one attached hydrogen (secondary N) is 2. The highest BCUT2D eigenvalue weighted by Crippen LogP contribution is 2.15. The Labute approximate surface area is 138 Å². The molecule has 6 nitrogen and oxygen atoms in total. The van der Waals surface area contributed by atoms with Crippen LogP contribution in [0.1, 0.15) is 16.8 Å². The maximum atomic E-state index is 13.3. The standard InChI is InChI=1S/C17H17FN2O4/c1-23-13-8-6-12(7-9-13)17(22)20-19-16(21)10-11-24-15-5-3-2-4-14(15)18/h2-9H,10-11H2,1H3,(H,19,21)(H,20,22). The van der Waals surface area contributed by atoms with Crippen molar-refractivity contribution in [2.45, 2.75) is 6.42 Å². The lowest BCUT2D eigenvalue weighted by Crippen LogP contribution is -2.42. The molecule has 0 aliphatic carbocycles. The zero-order valence-corrected chi connectivity index (χ0v) is 13.0. The first-order chi connectivity index (χ1) is 11.6. The molecule has 24 heavy (non-hydrogen) atoms. The molecule has 7 heteroatoms. The number of amides is 2. The van der Waals surface area contributed by atoms with Crippen molar-refractivity contribution in [3.63, 3.8) is 0 Å². The van der Waals surface area contributed by atoms with Gasteiger partial charge in [0.1, 0.15) is 5.75 Å². The van der Waals surface area contributed by atoms with Gasteiger partial charge in [0.15, 0.2) is 11.6 Å².